The van der Waals surface area contributed by atoms with E-state index < -0.39 is 0 Å². The fourth-order valence-corrected chi connectivity index (χ4v) is 4.58. The second kappa shape index (κ2) is 9.56. The van der Waals surface area contributed by atoms with Crippen molar-refractivity contribution in [3.63, 3.8) is 0 Å². The molecule has 2 amide bonds. The van der Waals surface area contributed by atoms with Crippen LogP contribution in [-0.4, -0.2) is 72.3 Å². The van der Waals surface area contributed by atoms with Gasteiger partial charge in [0.2, 0.25) is 11.8 Å². The van der Waals surface area contributed by atoms with Crippen LogP contribution in [0.5, 0.6) is 0 Å². The molecule has 0 unspecified atom stereocenters. The lowest BCUT2D eigenvalue weighted by atomic mass is 9.96. The lowest BCUT2D eigenvalue weighted by Crippen LogP contribution is -2.41. The Morgan fingerprint density at radius 3 is 2.00 bits per heavy atom. The monoisotopic (exact) mass is 349 g/mol. The van der Waals surface area contributed by atoms with Gasteiger partial charge in [0.1, 0.15) is 0 Å². The molecule has 2 saturated heterocycles. The van der Waals surface area contributed by atoms with E-state index in [1.165, 1.54) is 38.5 Å². The van der Waals surface area contributed by atoms with Crippen molar-refractivity contribution in [2.24, 2.45) is 5.92 Å². The fraction of sp³-hybridized carbons (Fsp3) is 0.900. The Morgan fingerprint density at radius 2 is 1.28 bits per heavy atom. The molecular formula is C20H35N3O2. The summed E-state index contributed by atoms with van der Waals surface area (Å²) in [6, 6.07) is 0. The molecule has 3 fully saturated rings. The summed E-state index contributed by atoms with van der Waals surface area (Å²) in [6.45, 7) is 5.82. The summed E-state index contributed by atoms with van der Waals surface area (Å²) in [4.78, 5) is 31.4. The highest BCUT2D eigenvalue weighted by molar-refractivity contribution is 5.78. The van der Waals surface area contributed by atoms with Gasteiger partial charge in [-0.1, -0.05) is 25.7 Å². The number of hydrogen-bond acceptors (Lipinski definition) is 3. The zero-order valence-corrected chi connectivity index (χ0v) is 15.8. The third-order valence-electron chi connectivity index (χ3n) is 6.20. The molecule has 3 rings (SSSR count). The molecule has 0 aromatic carbocycles. The first-order valence-corrected chi connectivity index (χ1v) is 10.5. The molecule has 0 N–H and O–H groups in total. The van der Waals surface area contributed by atoms with Crippen molar-refractivity contribution in [2.45, 2.75) is 64.2 Å². The molecule has 1 aliphatic carbocycles. The maximum Gasteiger partial charge on any atom is 0.236 e. The number of carbonyl (C=O) groups is 2. The average molecular weight is 350 g/mol. The first kappa shape index (κ1) is 18.7. The van der Waals surface area contributed by atoms with Crippen molar-refractivity contribution in [1.82, 2.24) is 14.7 Å². The van der Waals surface area contributed by atoms with Crippen molar-refractivity contribution < 1.29 is 9.59 Å². The Kier molecular flexibility index (Phi) is 7.14. The minimum absolute atomic E-state index is 0.274. The summed E-state index contributed by atoms with van der Waals surface area (Å²) in [5.74, 6) is 1.22. The summed E-state index contributed by atoms with van der Waals surface area (Å²) in [5.41, 5.74) is 0. The first-order valence-electron chi connectivity index (χ1n) is 10.5. The van der Waals surface area contributed by atoms with Crippen molar-refractivity contribution in [3.05, 3.63) is 0 Å². The minimum atomic E-state index is 0.274. The molecule has 0 aromatic rings. The van der Waals surface area contributed by atoms with Crippen LogP contribution in [0.4, 0.5) is 0 Å². The van der Waals surface area contributed by atoms with Crippen LogP contribution in [0.25, 0.3) is 0 Å². The highest BCUT2D eigenvalue weighted by atomic mass is 16.2. The van der Waals surface area contributed by atoms with E-state index in [0.29, 0.717) is 18.4 Å². The molecule has 142 valence electrons. The molecule has 5 heteroatoms. The van der Waals surface area contributed by atoms with Crippen LogP contribution in [0.2, 0.25) is 0 Å². The first-order chi connectivity index (χ1) is 12.2. The SMILES string of the molecule is O=C(CC1CCCCCC1)N1CCCN(CC(=O)N2CCCC2)CC1. The van der Waals surface area contributed by atoms with Crippen molar-refractivity contribution in [1.29, 1.82) is 0 Å². The van der Waals surface area contributed by atoms with Crippen LogP contribution < -0.4 is 0 Å². The highest BCUT2D eigenvalue weighted by Crippen LogP contribution is 2.26. The predicted molar refractivity (Wildman–Crippen MR) is 99.3 cm³/mol. The highest BCUT2D eigenvalue weighted by Gasteiger charge is 2.25. The van der Waals surface area contributed by atoms with Crippen LogP contribution in [0, 0.1) is 5.92 Å². The summed E-state index contributed by atoms with van der Waals surface area (Å²) in [7, 11) is 0. The van der Waals surface area contributed by atoms with Crippen LogP contribution >= 0.6 is 0 Å². The second-order valence-corrected chi connectivity index (χ2v) is 8.16. The summed E-state index contributed by atoms with van der Waals surface area (Å²) < 4.78 is 0. The molecule has 3 aliphatic rings. The average Bonchev–Trinajstić information content (AvgIpc) is 2.89. The number of nitrogens with zero attached hydrogens (tertiary/aromatic N) is 3. The fourth-order valence-electron chi connectivity index (χ4n) is 4.58. The van der Waals surface area contributed by atoms with Crippen molar-refractivity contribution in [3.8, 4) is 0 Å². The Balaban J connectivity index is 1.42. The normalized spacial score (nSPS) is 24.2. The number of hydrogen-bond donors (Lipinski definition) is 0. The molecule has 1 saturated carbocycles. The van der Waals surface area contributed by atoms with E-state index in [9.17, 15) is 9.59 Å². The van der Waals surface area contributed by atoms with Gasteiger partial charge < -0.3 is 9.80 Å². The third kappa shape index (κ3) is 5.70. The summed E-state index contributed by atoms with van der Waals surface area (Å²) in [5, 5.41) is 0. The lowest BCUT2D eigenvalue weighted by Gasteiger charge is -2.25. The van der Waals surface area contributed by atoms with Crippen LogP contribution in [0.15, 0.2) is 0 Å². The van der Waals surface area contributed by atoms with E-state index in [0.717, 1.165) is 65.0 Å². The molecule has 0 radical (unpaired) electrons. The summed E-state index contributed by atoms with van der Waals surface area (Å²) in [6.07, 6.45) is 11.8. The number of amides is 2. The second-order valence-electron chi connectivity index (χ2n) is 8.16. The van der Waals surface area contributed by atoms with Gasteiger partial charge in [-0.3, -0.25) is 14.5 Å². The number of carbonyl (C=O) groups excluding carboxylic acids is 2. The predicted octanol–water partition coefficient (Wildman–Crippen LogP) is 2.50. The Labute approximate surface area is 152 Å². The Bertz CT molecular complexity index is 440. The van der Waals surface area contributed by atoms with Crippen LogP contribution in [0.3, 0.4) is 0 Å². The van der Waals surface area contributed by atoms with Gasteiger partial charge in [-0.15, -0.1) is 0 Å². The number of likely N-dealkylation sites (tertiary alicyclic amines) is 1. The maximum atomic E-state index is 12.7. The largest absolute Gasteiger partial charge is 0.342 e. The molecule has 2 aliphatic heterocycles. The van der Waals surface area contributed by atoms with Crippen LogP contribution in [0.1, 0.15) is 64.2 Å². The van der Waals surface area contributed by atoms with E-state index in [2.05, 4.69) is 9.80 Å². The van der Waals surface area contributed by atoms with E-state index in [1.54, 1.807) is 0 Å². The molecule has 25 heavy (non-hydrogen) atoms. The molecule has 0 atom stereocenters. The minimum Gasteiger partial charge on any atom is -0.342 e. The summed E-state index contributed by atoms with van der Waals surface area (Å²) >= 11 is 0. The molecule has 2 heterocycles. The van der Waals surface area contributed by atoms with E-state index in [1.807, 2.05) is 4.90 Å². The zero-order valence-electron chi connectivity index (χ0n) is 15.8. The topological polar surface area (TPSA) is 43.9 Å². The van der Waals surface area contributed by atoms with E-state index in [-0.39, 0.29) is 5.91 Å². The smallest absolute Gasteiger partial charge is 0.236 e. The van der Waals surface area contributed by atoms with Gasteiger partial charge in [0.15, 0.2) is 0 Å². The van der Waals surface area contributed by atoms with Crippen LogP contribution in [-0.2, 0) is 9.59 Å². The van der Waals surface area contributed by atoms with Crippen molar-refractivity contribution >= 4 is 11.8 Å². The van der Waals surface area contributed by atoms with Gasteiger partial charge in [0, 0.05) is 45.7 Å². The van der Waals surface area contributed by atoms with Gasteiger partial charge in [-0.25, -0.2) is 0 Å². The molecule has 0 aromatic heterocycles. The Morgan fingerprint density at radius 1 is 0.640 bits per heavy atom. The number of rotatable bonds is 4. The standard InChI is InChI=1S/C20H35N3O2/c24-19(16-18-8-3-1-2-4-9-18)23-13-7-10-21(14-15-23)17-20(25)22-11-5-6-12-22/h18H,1-17H2. The molecule has 0 bridgehead atoms. The Hall–Kier alpha value is -1.10. The maximum absolute atomic E-state index is 12.7. The third-order valence-corrected chi connectivity index (χ3v) is 6.20. The zero-order chi connectivity index (χ0) is 17.5. The van der Waals surface area contributed by atoms with Gasteiger partial charge in [-0.05, 0) is 38.0 Å². The van der Waals surface area contributed by atoms with Gasteiger partial charge in [0.05, 0.1) is 6.54 Å². The van der Waals surface area contributed by atoms with E-state index in [4.69, 9.17) is 0 Å². The van der Waals surface area contributed by atoms with Crippen molar-refractivity contribution in [2.75, 3.05) is 45.8 Å². The lowest BCUT2D eigenvalue weighted by molar-refractivity contribution is -0.132. The molecule has 0 spiro atoms. The molecule has 5 nitrogen and oxygen atoms in total. The van der Waals surface area contributed by atoms with Gasteiger partial charge in [-0.2, -0.15) is 0 Å². The van der Waals surface area contributed by atoms with Gasteiger partial charge in [0.25, 0.3) is 0 Å². The van der Waals surface area contributed by atoms with E-state index >= 15 is 0 Å². The quantitative estimate of drug-likeness (QED) is 0.733. The molecular weight excluding hydrogens is 314 g/mol. The van der Waals surface area contributed by atoms with Gasteiger partial charge >= 0.3 is 0 Å².